The van der Waals surface area contributed by atoms with Crippen LogP contribution in [-0.4, -0.2) is 24.0 Å². The van der Waals surface area contributed by atoms with E-state index in [4.69, 9.17) is 5.73 Å². The number of nitrogen functional groups attached to an aromatic ring is 1. The number of rotatable bonds is 7. The largest absolute Gasteiger partial charge is 0.399 e. The lowest BCUT2D eigenvalue weighted by Gasteiger charge is -2.37. The summed E-state index contributed by atoms with van der Waals surface area (Å²) in [6, 6.07) is 19.9. The molecule has 1 heterocycles. The van der Waals surface area contributed by atoms with Crippen LogP contribution in [0.2, 0.25) is 0 Å². The molecule has 0 amide bonds. The highest BCUT2D eigenvalue weighted by molar-refractivity contribution is 5.39. The van der Waals surface area contributed by atoms with Crippen molar-refractivity contribution in [3.05, 3.63) is 101 Å². The second-order valence-electron chi connectivity index (χ2n) is 7.99. The molecule has 3 N–H and O–H groups in total. The van der Waals surface area contributed by atoms with Crippen molar-refractivity contribution in [1.82, 2.24) is 10.2 Å². The van der Waals surface area contributed by atoms with Crippen LogP contribution in [0.3, 0.4) is 0 Å². The molecule has 3 aromatic rings. The Morgan fingerprint density at radius 2 is 1.57 bits per heavy atom. The van der Waals surface area contributed by atoms with Gasteiger partial charge < -0.3 is 11.1 Å². The summed E-state index contributed by atoms with van der Waals surface area (Å²) in [6.07, 6.45) is 1.61. The molecule has 1 aliphatic heterocycles. The number of hydrogen-bond acceptors (Lipinski definition) is 3. The Kier molecular flexibility index (Phi) is 6.41. The lowest BCUT2D eigenvalue weighted by Crippen LogP contribution is -2.44. The summed E-state index contributed by atoms with van der Waals surface area (Å²) in [4.78, 5) is 2.44. The quantitative estimate of drug-likeness (QED) is 0.453. The van der Waals surface area contributed by atoms with Crippen LogP contribution in [-0.2, 0) is 25.9 Å². The molecule has 3 aromatic carbocycles. The van der Waals surface area contributed by atoms with Gasteiger partial charge in [0.2, 0.25) is 0 Å². The van der Waals surface area contributed by atoms with Crippen LogP contribution in [0, 0.1) is 11.6 Å². The molecule has 1 atom stereocenters. The van der Waals surface area contributed by atoms with Crippen molar-refractivity contribution in [3.8, 4) is 0 Å². The zero-order chi connectivity index (χ0) is 20.9. The Morgan fingerprint density at radius 1 is 0.867 bits per heavy atom. The first-order chi connectivity index (χ1) is 14.6. The fraction of sp³-hybridized carbons (Fsp3) is 0.280. The molecule has 0 saturated heterocycles. The molecule has 0 spiro atoms. The van der Waals surface area contributed by atoms with Crippen LogP contribution in [0.5, 0.6) is 0 Å². The maximum atomic E-state index is 13.8. The number of hydrogen-bond donors (Lipinski definition) is 2. The summed E-state index contributed by atoms with van der Waals surface area (Å²) < 4.78 is 27.0. The van der Waals surface area contributed by atoms with Crippen molar-refractivity contribution in [2.24, 2.45) is 0 Å². The van der Waals surface area contributed by atoms with E-state index in [0.29, 0.717) is 0 Å². The summed E-state index contributed by atoms with van der Waals surface area (Å²) in [7, 11) is 0. The fourth-order valence-electron chi connectivity index (χ4n) is 4.12. The van der Waals surface area contributed by atoms with E-state index in [0.717, 1.165) is 55.8 Å². The van der Waals surface area contributed by atoms with Crippen LogP contribution in [0.25, 0.3) is 0 Å². The van der Waals surface area contributed by atoms with E-state index in [1.165, 1.54) is 29.3 Å². The molecule has 4 rings (SSSR count). The number of fused-ring (bicyclic) bond motifs is 1. The van der Waals surface area contributed by atoms with Crippen LogP contribution in [0.1, 0.15) is 22.3 Å². The molecule has 0 saturated carbocycles. The van der Waals surface area contributed by atoms with E-state index >= 15 is 0 Å². The summed E-state index contributed by atoms with van der Waals surface area (Å²) >= 11 is 0. The summed E-state index contributed by atoms with van der Waals surface area (Å²) in [5.74, 6) is -0.411. The number of halogens is 2. The number of nitrogens with one attached hydrogen (secondary N) is 1. The average Bonchev–Trinajstić information content (AvgIpc) is 2.74. The Hall–Kier alpha value is -2.76. The third-order valence-corrected chi connectivity index (χ3v) is 5.78. The van der Waals surface area contributed by atoms with Gasteiger partial charge in [0, 0.05) is 37.9 Å². The van der Waals surface area contributed by atoms with Crippen molar-refractivity contribution in [3.63, 3.8) is 0 Å². The van der Waals surface area contributed by atoms with Crippen molar-refractivity contribution < 1.29 is 8.78 Å². The highest BCUT2D eigenvalue weighted by Gasteiger charge is 2.26. The lowest BCUT2D eigenvalue weighted by molar-refractivity contribution is 0.170. The van der Waals surface area contributed by atoms with Crippen LogP contribution in [0.15, 0.2) is 66.7 Å². The van der Waals surface area contributed by atoms with Gasteiger partial charge in [-0.25, -0.2) is 8.78 Å². The van der Waals surface area contributed by atoms with E-state index in [1.54, 1.807) is 6.07 Å². The average molecular weight is 408 g/mol. The minimum absolute atomic E-state index is 0.187. The van der Waals surface area contributed by atoms with Gasteiger partial charge in [-0.15, -0.1) is 0 Å². The molecular weight excluding hydrogens is 380 g/mol. The van der Waals surface area contributed by atoms with Gasteiger partial charge in [-0.1, -0.05) is 30.3 Å². The highest BCUT2D eigenvalue weighted by atomic mass is 19.1. The zero-order valence-corrected chi connectivity index (χ0v) is 17.0. The molecule has 0 aliphatic carbocycles. The predicted octanol–water partition coefficient (Wildman–Crippen LogP) is 4.31. The zero-order valence-electron chi connectivity index (χ0n) is 17.0. The molecule has 0 bridgehead atoms. The maximum Gasteiger partial charge on any atom is 0.123 e. The molecule has 156 valence electrons. The van der Waals surface area contributed by atoms with Crippen molar-refractivity contribution in [1.29, 1.82) is 0 Å². The molecule has 0 aromatic heterocycles. The standard InChI is InChI=1S/C25H27F2N3/c26-22-6-1-18(2-7-22)13-25-15-21-14-23(27)8-5-20(21)17-30(25)12-11-29-16-19-3-9-24(28)10-4-19/h1-10,14,25,29H,11-13,15-17,28H2. The monoisotopic (exact) mass is 407 g/mol. The van der Waals surface area contributed by atoms with Gasteiger partial charge in [0.05, 0.1) is 0 Å². The molecule has 3 nitrogen and oxygen atoms in total. The Balaban J connectivity index is 1.41. The SMILES string of the molecule is Nc1ccc(CNCCN2Cc3ccc(F)cc3CC2Cc2ccc(F)cc2)cc1. The topological polar surface area (TPSA) is 41.3 Å². The fourth-order valence-corrected chi connectivity index (χ4v) is 4.12. The van der Waals surface area contributed by atoms with Crippen LogP contribution < -0.4 is 11.1 Å². The normalized spacial score (nSPS) is 16.4. The second kappa shape index (κ2) is 9.37. The minimum atomic E-state index is -0.224. The number of benzene rings is 3. The van der Waals surface area contributed by atoms with Gasteiger partial charge >= 0.3 is 0 Å². The van der Waals surface area contributed by atoms with Crippen molar-refractivity contribution >= 4 is 5.69 Å². The van der Waals surface area contributed by atoms with Crippen LogP contribution >= 0.6 is 0 Å². The molecule has 0 radical (unpaired) electrons. The summed E-state index contributed by atoms with van der Waals surface area (Å²) in [5.41, 5.74) is 11.1. The summed E-state index contributed by atoms with van der Waals surface area (Å²) in [5, 5.41) is 3.50. The van der Waals surface area contributed by atoms with Crippen molar-refractivity contribution in [2.75, 3.05) is 18.8 Å². The van der Waals surface area contributed by atoms with E-state index in [9.17, 15) is 8.78 Å². The molecule has 5 heteroatoms. The lowest BCUT2D eigenvalue weighted by atomic mass is 9.90. The van der Waals surface area contributed by atoms with E-state index in [2.05, 4.69) is 10.2 Å². The molecule has 0 fully saturated rings. The molecule has 1 unspecified atom stereocenters. The number of nitrogens with two attached hydrogens (primary N) is 1. The number of anilines is 1. The van der Waals surface area contributed by atoms with Gasteiger partial charge in [0.25, 0.3) is 0 Å². The van der Waals surface area contributed by atoms with Gasteiger partial charge in [-0.05, 0) is 71.5 Å². The summed E-state index contributed by atoms with van der Waals surface area (Å²) in [6.45, 7) is 3.32. The smallest absolute Gasteiger partial charge is 0.123 e. The van der Waals surface area contributed by atoms with Crippen LogP contribution in [0.4, 0.5) is 14.5 Å². The van der Waals surface area contributed by atoms with E-state index in [-0.39, 0.29) is 17.7 Å². The molecule has 30 heavy (non-hydrogen) atoms. The minimum Gasteiger partial charge on any atom is -0.399 e. The van der Waals surface area contributed by atoms with Crippen molar-refractivity contribution in [2.45, 2.75) is 32.0 Å². The van der Waals surface area contributed by atoms with Gasteiger partial charge in [0.1, 0.15) is 11.6 Å². The first-order valence-electron chi connectivity index (χ1n) is 10.4. The Morgan fingerprint density at radius 3 is 2.33 bits per heavy atom. The Labute approximate surface area is 176 Å². The first-order valence-corrected chi connectivity index (χ1v) is 10.4. The second-order valence-corrected chi connectivity index (χ2v) is 7.99. The first kappa shape index (κ1) is 20.5. The van der Waals surface area contributed by atoms with Gasteiger partial charge in [-0.2, -0.15) is 0 Å². The van der Waals surface area contributed by atoms with E-state index in [1.807, 2.05) is 42.5 Å². The molecular formula is C25H27F2N3. The third-order valence-electron chi connectivity index (χ3n) is 5.78. The number of nitrogens with zero attached hydrogens (tertiary/aromatic N) is 1. The Bertz CT molecular complexity index is 971. The molecule has 1 aliphatic rings. The highest BCUT2D eigenvalue weighted by Crippen LogP contribution is 2.26. The van der Waals surface area contributed by atoms with E-state index < -0.39 is 0 Å². The predicted molar refractivity (Wildman–Crippen MR) is 117 cm³/mol. The van der Waals surface area contributed by atoms with Gasteiger partial charge in [0.15, 0.2) is 0 Å². The maximum absolute atomic E-state index is 13.8. The third kappa shape index (κ3) is 5.23. The van der Waals surface area contributed by atoms with Gasteiger partial charge in [-0.3, -0.25) is 4.90 Å².